The molecule has 0 N–H and O–H groups in total. The standard InChI is InChI=1S/C20H21N4O/c1-3-7-17(8-4-1)15-24-16-19(18-9-5-2-6-10-18)21-20(22-24)23-11-13-25-14-12-23/h1-10,16H,11-15H2/q+1. The van der Waals surface area contributed by atoms with Crippen molar-refractivity contribution in [1.82, 2.24) is 10.1 Å². The third-order valence-electron chi connectivity index (χ3n) is 4.26. The molecule has 0 spiro atoms. The van der Waals surface area contributed by atoms with E-state index in [0.717, 1.165) is 50.1 Å². The summed E-state index contributed by atoms with van der Waals surface area (Å²) in [6.45, 7) is 3.81. The number of benzene rings is 2. The van der Waals surface area contributed by atoms with Gasteiger partial charge in [0.1, 0.15) is 5.69 Å². The first kappa shape index (κ1) is 15.7. The van der Waals surface area contributed by atoms with E-state index < -0.39 is 0 Å². The van der Waals surface area contributed by atoms with E-state index in [9.17, 15) is 0 Å². The molecular formula is C20H21N4O+. The molecule has 5 nitrogen and oxygen atoms in total. The number of aromatic nitrogens is 3. The van der Waals surface area contributed by atoms with Gasteiger partial charge >= 0.3 is 0 Å². The van der Waals surface area contributed by atoms with E-state index in [1.807, 2.05) is 35.1 Å². The number of hydrogen-bond acceptors (Lipinski definition) is 4. The van der Waals surface area contributed by atoms with Crippen LogP contribution in [0.2, 0.25) is 0 Å². The molecule has 25 heavy (non-hydrogen) atoms. The number of nitrogens with zero attached hydrogens (tertiary/aromatic N) is 4. The van der Waals surface area contributed by atoms with Crippen molar-refractivity contribution in [2.45, 2.75) is 6.54 Å². The molecule has 0 amide bonds. The summed E-state index contributed by atoms with van der Waals surface area (Å²) in [6.07, 6.45) is 2.02. The Morgan fingerprint density at radius 1 is 0.920 bits per heavy atom. The van der Waals surface area contributed by atoms with Gasteiger partial charge in [0, 0.05) is 29.3 Å². The fourth-order valence-electron chi connectivity index (χ4n) is 2.94. The summed E-state index contributed by atoms with van der Waals surface area (Å²) in [4.78, 5) is 7.00. The second kappa shape index (κ2) is 7.40. The minimum atomic E-state index is 0.720. The number of rotatable bonds is 4. The largest absolute Gasteiger partial charge is 0.378 e. The van der Waals surface area contributed by atoms with Crippen LogP contribution in [0.4, 0.5) is 5.95 Å². The maximum atomic E-state index is 5.46. The molecule has 1 aliphatic rings. The van der Waals surface area contributed by atoms with Crippen molar-refractivity contribution >= 4 is 5.95 Å². The van der Waals surface area contributed by atoms with Gasteiger partial charge in [0.2, 0.25) is 6.20 Å². The SMILES string of the molecule is c1ccc(C[n+]2cc(-c3ccccc3)nc(N3CCOCC3)n2)cc1. The summed E-state index contributed by atoms with van der Waals surface area (Å²) in [5.41, 5.74) is 3.26. The van der Waals surface area contributed by atoms with Gasteiger partial charge in [0.25, 0.3) is 5.95 Å². The third kappa shape index (κ3) is 3.83. The predicted octanol–water partition coefficient (Wildman–Crippen LogP) is 2.32. The summed E-state index contributed by atoms with van der Waals surface area (Å²) in [5, 5.41) is 4.75. The lowest BCUT2D eigenvalue weighted by Gasteiger charge is -2.25. The van der Waals surface area contributed by atoms with Crippen LogP contribution in [0.5, 0.6) is 0 Å². The van der Waals surface area contributed by atoms with Gasteiger partial charge in [-0.05, 0) is 0 Å². The van der Waals surface area contributed by atoms with Crippen LogP contribution in [0.3, 0.4) is 0 Å². The van der Waals surface area contributed by atoms with Crippen molar-refractivity contribution in [1.29, 1.82) is 0 Å². The molecule has 0 bridgehead atoms. The van der Waals surface area contributed by atoms with Crippen molar-refractivity contribution in [2.75, 3.05) is 31.2 Å². The van der Waals surface area contributed by atoms with Gasteiger partial charge in [0.15, 0.2) is 6.54 Å². The van der Waals surface area contributed by atoms with E-state index in [0.29, 0.717) is 0 Å². The molecule has 1 aliphatic heterocycles. The van der Waals surface area contributed by atoms with Crippen molar-refractivity contribution in [3.8, 4) is 11.3 Å². The summed E-state index contributed by atoms with van der Waals surface area (Å²) in [7, 11) is 0. The maximum Gasteiger partial charge on any atom is 0.291 e. The first-order chi connectivity index (χ1) is 12.4. The fourth-order valence-corrected chi connectivity index (χ4v) is 2.94. The van der Waals surface area contributed by atoms with Crippen LogP contribution in [0.1, 0.15) is 5.56 Å². The molecule has 2 heterocycles. The first-order valence-electron chi connectivity index (χ1n) is 8.59. The van der Waals surface area contributed by atoms with Crippen molar-refractivity contribution < 1.29 is 9.42 Å². The molecule has 3 aromatic rings. The minimum absolute atomic E-state index is 0.720. The summed E-state index contributed by atoms with van der Waals surface area (Å²) in [6, 6.07) is 20.6. The zero-order valence-electron chi connectivity index (χ0n) is 14.1. The Morgan fingerprint density at radius 3 is 2.32 bits per heavy atom. The van der Waals surface area contributed by atoms with E-state index in [-0.39, 0.29) is 0 Å². The molecule has 2 aromatic carbocycles. The topological polar surface area (TPSA) is 42.1 Å². The second-order valence-electron chi connectivity index (χ2n) is 6.07. The van der Waals surface area contributed by atoms with E-state index in [2.05, 4.69) is 41.3 Å². The van der Waals surface area contributed by atoms with Gasteiger partial charge in [-0.3, -0.25) is 0 Å². The molecule has 0 aliphatic carbocycles. The Labute approximate surface area is 147 Å². The highest BCUT2D eigenvalue weighted by Gasteiger charge is 2.20. The van der Waals surface area contributed by atoms with Crippen LogP contribution in [-0.4, -0.2) is 36.4 Å². The van der Waals surface area contributed by atoms with Crippen LogP contribution in [0.25, 0.3) is 11.3 Å². The molecule has 0 unspecified atom stereocenters. The van der Waals surface area contributed by atoms with Crippen LogP contribution >= 0.6 is 0 Å². The quantitative estimate of drug-likeness (QED) is 0.687. The fraction of sp³-hybridized carbons (Fsp3) is 0.250. The van der Waals surface area contributed by atoms with Gasteiger partial charge in [0.05, 0.1) is 13.2 Å². The first-order valence-corrected chi connectivity index (χ1v) is 8.59. The Bertz CT molecular complexity index is 818. The molecule has 1 fully saturated rings. The molecule has 0 saturated carbocycles. The normalized spacial score (nSPS) is 14.5. The van der Waals surface area contributed by atoms with Gasteiger partial charge < -0.3 is 9.64 Å². The zero-order chi connectivity index (χ0) is 16.9. The Kier molecular flexibility index (Phi) is 4.65. The number of morpholine rings is 1. The van der Waals surface area contributed by atoms with E-state index in [1.54, 1.807) is 0 Å². The smallest absolute Gasteiger partial charge is 0.291 e. The zero-order valence-corrected chi connectivity index (χ0v) is 14.1. The highest BCUT2D eigenvalue weighted by atomic mass is 16.5. The average Bonchev–Trinajstić information content (AvgIpc) is 2.70. The Balaban J connectivity index is 1.72. The number of hydrogen-bond donors (Lipinski definition) is 0. The third-order valence-corrected chi connectivity index (χ3v) is 4.26. The van der Waals surface area contributed by atoms with Gasteiger partial charge in [-0.25, -0.2) is 4.98 Å². The number of ether oxygens (including phenoxy) is 1. The Morgan fingerprint density at radius 2 is 1.60 bits per heavy atom. The van der Waals surface area contributed by atoms with Crippen LogP contribution < -0.4 is 9.58 Å². The van der Waals surface area contributed by atoms with Crippen molar-refractivity contribution in [3.05, 3.63) is 72.4 Å². The highest BCUT2D eigenvalue weighted by Crippen LogP contribution is 2.17. The molecule has 126 valence electrons. The van der Waals surface area contributed by atoms with Gasteiger partial charge in [-0.1, -0.05) is 65.3 Å². The van der Waals surface area contributed by atoms with Crippen LogP contribution in [-0.2, 0) is 11.3 Å². The van der Waals surface area contributed by atoms with Gasteiger partial charge in [-0.15, -0.1) is 0 Å². The van der Waals surface area contributed by atoms with E-state index in [1.165, 1.54) is 5.56 Å². The summed E-state index contributed by atoms with van der Waals surface area (Å²) in [5.74, 6) is 0.764. The lowest BCUT2D eigenvalue weighted by atomic mass is 10.2. The summed E-state index contributed by atoms with van der Waals surface area (Å²) < 4.78 is 7.44. The van der Waals surface area contributed by atoms with Gasteiger partial charge in [-0.2, -0.15) is 0 Å². The van der Waals surface area contributed by atoms with Crippen molar-refractivity contribution in [3.63, 3.8) is 0 Å². The number of anilines is 1. The second-order valence-corrected chi connectivity index (χ2v) is 6.07. The predicted molar refractivity (Wildman–Crippen MR) is 96.2 cm³/mol. The molecule has 0 radical (unpaired) electrons. The highest BCUT2D eigenvalue weighted by molar-refractivity contribution is 5.58. The Hall–Kier alpha value is -2.79. The molecule has 0 atom stereocenters. The molecule has 1 saturated heterocycles. The molecule has 1 aromatic heterocycles. The lowest BCUT2D eigenvalue weighted by Crippen LogP contribution is -2.44. The molecule has 4 rings (SSSR count). The van der Waals surface area contributed by atoms with Crippen LogP contribution in [0, 0.1) is 0 Å². The minimum Gasteiger partial charge on any atom is -0.378 e. The van der Waals surface area contributed by atoms with Crippen LogP contribution in [0.15, 0.2) is 66.9 Å². The lowest BCUT2D eigenvalue weighted by molar-refractivity contribution is -0.745. The van der Waals surface area contributed by atoms with Crippen molar-refractivity contribution in [2.24, 2.45) is 0 Å². The van der Waals surface area contributed by atoms with E-state index in [4.69, 9.17) is 14.8 Å². The molecular weight excluding hydrogens is 312 g/mol. The monoisotopic (exact) mass is 333 g/mol. The maximum absolute atomic E-state index is 5.46. The molecule has 5 heteroatoms. The summed E-state index contributed by atoms with van der Waals surface area (Å²) >= 11 is 0. The average molecular weight is 333 g/mol. The van der Waals surface area contributed by atoms with E-state index >= 15 is 0 Å².